The first-order valence-corrected chi connectivity index (χ1v) is 10.2. The van der Waals surface area contributed by atoms with Crippen molar-refractivity contribution >= 4 is 50.8 Å². The fourth-order valence-electron chi connectivity index (χ4n) is 3.21. The number of methoxy groups -OCH3 is 1. The van der Waals surface area contributed by atoms with E-state index in [0.717, 1.165) is 0 Å². The second-order valence-electron chi connectivity index (χ2n) is 6.42. The first kappa shape index (κ1) is 22.2. The number of hydrogen-bond donors (Lipinski definition) is 0. The quantitative estimate of drug-likeness (QED) is 0.376. The Morgan fingerprint density at radius 2 is 1.90 bits per heavy atom. The van der Waals surface area contributed by atoms with Crippen molar-refractivity contribution in [1.29, 1.82) is 0 Å². The second-order valence-corrected chi connectivity index (χ2v) is 7.85. The van der Waals surface area contributed by atoms with Crippen LogP contribution in [0.5, 0.6) is 0 Å². The Balaban J connectivity index is 2.00. The van der Waals surface area contributed by atoms with E-state index in [0.29, 0.717) is 22.1 Å². The molecule has 1 heterocycles. The summed E-state index contributed by atoms with van der Waals surface area (Å²) < 4.78 is 52.4. The Bertz CT molecular complexity index is 921. The lowest BCUT2D eigenvalue weighted by Gasteiger charge is -2.31. The molecule has 1 saturated heterocycles. The summed E-state index contributed by atoms with van der Waals surface area (Å²) in [7, 11) is 1.26. The Kier molecular flexibility index (Phi) is 6.38. The Hall–Kier alpha value is -1.48. The lowest BCUT2D eigenvalue weighted by Crippen LogP contribution is -2.46. The number of anilines is 1. The predicted octanol–water partition coefficient (Wildman–Crippen LogP) is 5.93. The number of hydrogen-bond acceptors (Lipinski definition) is 4. The molecule has 0 N–H and O–H groups in total. The molecule has 0 radical (unpaired) electrons. The van der Waals surface area contributed by atoms with Crippen LogP contribution in [0.25, 0.3) is 0 Å². The highest BCUT2D eigenvalue weighted by Gasteiger charge is 2.61. The molecule has 1 fully saturated rings. The fraction of sp³-hybridized carbons (Fsp3) is 0.316. The van der Waals surface area contributed by atoms with Gasteiger partial charge in [0.05, 0.1) is 19.2 Å². The maximum Gasteiger partial charge on any atom is 0.423 e. The summed E-state index contributed by atoms with van der Waals surface area (Å²) in [5, 5.41) is 0.498. The third-order valence-electron chi connectivity index (χ3n) is 4.67. The van der Waals surface area contributed by atoms with Crippen LogP contribution in [0, 0.1) is 0 Å². The standard InChI is InChI=1S/C19H15BrCl2F3NO3/c1-28-17(27)16-3-2-15(4-11(16)8-20)26-9-18(29-10-26,19(23,24)25)12-5-13(21)7-14(22)6-12/h2-7H,8-10H2,1H3. The minimum absolute atomic E-state index is 0.0854. The predicted molar refractivity (Wildman–Crippen MR) is 108 cm³/mol. The van der Waals surface area contributed by atoms with Gasteiger partial charge >= 0.3 is 12.1 Å². The molecule has 0 aliphatic carbocycles. The lowest BCUT2D eigenvalue weighted by atomic mass is 9.92. The topological polar surface area (TPSA) is 38.8 Å². The molecule has 0 bridgehead atoms. The summed E-state index contributed by atoms with van der Waals surface area (Å²) >= 11 is 15.1. The molecule has 1 unspecified atom stereocenters. The minimum Gasteiger partial charge on any atom is -0.465 e. The molecule has 2 aromatic carbocycles. The number of carbonyl (C=O) groups excluding carboxylic acids is 1. The highest BCUT2D eigenvalue weighted by Crippen LogP contribution is 2.48. The smallest absolute Gasteiger partial charge is 0.423 e. The monoisotopic (exact) mass is 511 g/mol. The zero-order valence-corrected chi connectivity index (χ0v) is 18.1. The number of alkyl halides is 4. The van der Waals surface area contributed by atoms with Crippen LogP contribution in [0.15, 0.2) is 36.4 Å². The largest absolute Gasteiger partial charge is 0.465 e. The van der Waals surface area contributed by atoms with Gasteiger partial charge in [-0.3, -0.25) is 0 Å². The molecular formula is C19H15BrCl2F3NO3. The minimum atomic E-state index is -4.71. The molecular weight excluding hydrogens is 498 g/mol. The maximum absolute atomic E-state index is 14.1. The van der Waals surface area contributed by atoms with Gasteiger partial charge in [-0.1, -0.05) is 39.1 Å². The highest BCUT2D eigenvalue weighted by molar-refractivity contribution is 9.08. The van der Waals surface area contributed by atoms with E-state index >= 15 is 0 Å². The van der Waals surface area contributed by atoms with Crippen LogP contribution in [0.4, 0.5) is 18.9 Å². The summed E-state index contributed by atoms with van der Waals surface area (Å²) in [6.45, 7) is -0.796. The number of ether oxygens (including phenoxy) is 2. The van der Waals surface area contributed by atoms with Gasteiger partial charge < -0.3 is 14.4 Å². The van der Waals surface area contributed by atoms with Crippen molar-refractivity contribution in [1.82, 2.24) is 0 Å². The average molecular weight is 513 g/mol. The molecule has 1 aliphatic rings. The van der Waals surface area contributed by atoms with Crippen LogP contribution in [0.2, 0.25) is 10.0 Å². The maximum atomic E-state index is 14.1. The number of halogens is 6. The van der Waals surface area contributed by atoms with Crippen LogP contribution < -0.4 is 4.90 Å². The van der Waals surface area contributed by atoms with Crippen molar-refractivity contribution in [2.24, 2.45) is 0 Å². The van der Waals surface area contributed by atoms with Crippen molar-refractivity contribution in [2.75, 3.05) is 25.3 Å². The van der Waals surface area contributed by atoms with Gasteiger partial charge in [0.1, 0.15) is 6.73 Å². The van der Waals surface area contributed by atoms with E-state index in [9.17, 15) is 18.0 Å². The van der Waals surface area contributed by atoms with Gasteiger partial charge in [0.15, 0.2) is 0 Å². The van der Waals surface area contributed by atoms with Crippen molar-refractivity contribution in [3.63, 3.8) is 0 Å². The summed E-state index contributed by atoms with van der Waals surface area (Å²) in [5.41, 5.74) is -1.36. The van der Waals surface area contributed by atoms with Crippen molar-refractivity contribution < 1.29 is 27.4 Å². The highest BCUT2D eigenvalue weighted by atomic mass is 79.9. The van der Waals surface area contributed by atoms with Gasteiger partial charge in [-0.15, -0.1) is 0 Å². The van der Waals surface area contributed by atoms with Crippen LogP contribution in [0.3, 0.4) is 0 Å². The van der Waals surface area contributed by atoms with Crippen molar-refractivity contribution in [3.05, 3.63) is 63.1 Å². The van der Waals surface area contributed by atoms with E-state index in [1.807, 2.05) is 0 Å². The van der Waals surface area contributed by atoms with Crippen molar-refractivity contribution in [2.45, 2.75) is 17.1 Å². The molecule has 0 aromatic heterocycles. The average Bonchev–Trinajstić information content (AvgIpc) is 3.13. The number of benzene rings is 2. The van der Waals surface area contributed by atoms with Gasteiger partial charge in [-0.05, 0) is 47.5 Å². The molecule has 0 amide bonds. The number of esters is 1. The molecule has 0 saturated carbocycles. The Labute approximate surface area is 183 Å². The first-order valence-electron chi connectivity index (χ1n) is 8.30. The SMILES string of the molecule is COC(=O)c1ccc(N2COC(c3cc(Cl)cc(Cl)c3)(C(F)(F)F)C2)cc1CBr. The van der Waals surface area contributed by atoms with Gasteiger partial charge in [-0.2, -0.15) is 13.2 Å². The zero-order chi connectivity index (χ0) is 21.4. The summed E-state index contributed by atoms with van der Waals surface area (Å²) in [6, 6.07) is 8.46. The van der Waals surface area contributed by atoms with E-state index in [2.05, 4.69) is 15.9 Å². The number of rotatable bonds is 4. The molecule has 4 nitrogen and oxygen atoms in total. The summed E-state index contributed by atoms with van der Waals surface area (Å²) in [6.07, 6.45) is -4.71. The fourth-order valence-corrected chi connectivity index (χ4v) is 4.20. The van der Waals surface area contributed by atoms with E-state index in [4.69, 9.17) is 32.7 Å². The van der Waals surface area contributed by atoms with Crippen LogP contribution in [0.1, 0.15) is 21.5 Å². The van der Waals surface area contributed by atoms with E-state index in [-0.39, 0.29) is 22.3 Å². The normalized spacial score (nSPS) is 19.5. The molecule has 10 heteroatoms. The van der Waals surface area contributed by atoms with E-state index < -0.39 is 24.3 Å². The van der Waals surface area contributed by atoms with Crippen LogP contribution in [-0.4, -0.2) is 32.5 Å². The second kappa shape index (κ2) is 8.34. The van der Waals surface area contributed by atoms with Gasteiger partial charge in [0.2, 0.25) is 5.60 Å². The van der Waals surface area contributed by atoms with Crippen LogP contribution in [-0.2, 0) is 20.4 Å². The molecule has 0 spiro atoms. The third kappa shape index (κ3) is 4.21. The zero-order valence-electron chi connectivity index (χ0n) is 15.0. The molecule has 1 atom stereocenters. The molecule has 2 aromatic rings. The molecule has 29 heavy (non-hydrogen) atoms. The van der Waals surface area contributed by atoms with Gasteiger partial charge in [-0.25, -0.2) is 4.79 Å². The molecule has 1 aliphatic heterocycles. The summed E-state index contributed by atoms with van der Waals surface area (Å²) in [5.74, 6) is -0.526. The lowest BCUT2D eigenvalue weighted by molar-refractivity contribution is -0.264. The van der Waals surface area contributed by atoms with Crippen LogP contribution >= 0.6 is 39.1 Å². The summed E-state index contributed by atoms with van der Waals surface area (Å²) in [4.78, 5) is 13.3. The van der Waals surface area contributed by atoms with Gasteiger partial charge in [0.25, 0.3) is 0 Å². The van der Waals surface area contributed by atoms with Gasteiger partial charge in [0, 0.05) is 21.1 Å². The first-order chi connectivity index (χ1) is 13.6. The molecule has 3 rings (SSSR count). The molecule has 156 valence electrons. The number of carbonyl (C=O) groups is 1. The van der Waals surface area contributed by atoms with E-state index in [1.54, 1.807) is 12.1 Å². The number of nitrogens with zero attached hydrogens (tertiary/aromatic N) is 1. The van der Waals surface area contributed by atoms with Crippen molar-refractivity contribution in [3.8, 4) is 0 Å². The Morgan fingerprint density at radius 1 is 1.24 bits per heavy atom. The third-order valence-corrected chi connectivity index (χ3v) is 5.71. The van der Waals surface area contributed by atoms with E-state index in [1.165, 1.54) is 36.3 Å². The Morgan fingerprint density at radius 3 is 2.45 bits per heavy atom.